The van der Waals surface area contributed by atoms with Gasteiger partial charge in [-0.2, -0.15) is 0 Å². The summed E-state index contributed by atoms with van der Waals surface area (Å²) in [6.45, 7) is 3.41. The minimum absolute atomic E-state index is 0.200. The number of urea groups is 1. The molecule has 1 aliphatic heterocycles. The van der Waals surface area contributed by atoms with Crippen LogP contribution in [0.3, 0.4) is 0 Å². The predicted octanol–water partition coefficient (Wildman–Crippen LogP) is 2.95. The summed E-state index contributed by atoms with van der Waals surface area (Å²) in [5, 5.41) is 3.71. The molecule has 23 heavy (non-hydrogen) atoms. The van der Waals surface area contributed by atoms with Crippen molar-refractivity contribution in [1.82, 2.24) is 15.2 Å². The van der Waals surface area contributed by atoms with Gasteiger partial charge in [-0.05, 0) is 18.6 Å². The number of aromatic nitrogens is 1. The Morgan fingerprint density at radius 2 is 2.39 bits per heavy atom. The molecule has 0 saturated carbocycles. The van der Waals surface area contributed by atoms with E-state index in [2.05, 4.69) is 17.2 Å². The van der Waals surface area contributed by atoms with E-state index in [0.29, 0.717) is 31.0 Å². The van der Waals surface area contributed by atoms with E-state index in [1.54, 1.807) is 28.4 Å². The Morgan fingerprint density at radius 3 is 3.17 bits per heavy atom. The standard InChI is InChI=1S/C16H18FN3O2S/c1-2-11-8-18-15(23-11)9-19-16(21)20-6-7-22-14-5-3-4-13(17)12(14)10-20/h3-5,8H,2,6-7,9-10H2,1H3,(H,19,21). The summed E-state index contributed by atoms with van der Waals surface area (Å²) < 4.78 is 19.5. The van der Waals surface area contributed by atoms with E-state index < -0.39 is 0 Å². The van der Waals surface area contributed by atoms with Crippen LogP contribution in [0.4, 0.5) is 9.18 Å². The second kappa shape index (κ2) is 6.95. The molecule has 0 aliphatic carbocycles. The molecule has 1 aliphatic rings. The van der Waals surface area contributed by atoms with Crippen LogP contribution in [-0.4, -0.2) is 29.1 Å². The van der Waals surface area contributed by atoms with E-state index in [-0.39, 0.29) is 18.4 Å². The summed E-state index contributed by atoms with van der Waals surface area (Å²) in [5.74, 6) is 0.155. The molecule has 5 nitrogen and oxygen atoms in total. The van der Waals surface area contributed by atoms with E-state index >= 15 is 0 Å². The third-order valence-corrected chi connectivity index (χ3v) is 4.81. The molecule has 0 bridgehead atoms. The van der Waals surface area contributed by atoms with Crippen LogP contribution in [0.1, 0.15) is 22.4 Å². The Morgan fingerprint density at radius 1 is 1.52 bits per heavy atom. The molecular weight excluding hydrogens is 317 g/mol. The summed E-state index contributed by atoms with van der Waals surface area (Å²) in [7, 11) is 0. The van der Waals surface area contributed by atoms with Crippen LogP contribution in [0.5, 0.6) is 5.75 Å². The number of ether oxygens (including phenoxy) is 1. The fourth-order valence-electron chi connectivity index (χ4n) is 2.39. The lowest BCUT2D eigenvalue weighted by Gasteiger charge is -2.20. The molecule has 122 valence electrons. The van der Waals surface area contributed by atoms with Crippen molar-refractivity contribution in [2.24, 2.45) is 0 Å². The molecule has 1 aromatic heterocycles. The van der Waals surface area contributed by atoms with Crippen LogP contribution in [0.2, 0.25) is 0 Å². The maximum Gasteiger partial charge on any atom is 0.318 e. The zero-order valence-corrected chi connectivity index (χ0v) is 13.7. The number of carbonyl (C=O) groups is 1. The van der Waals surface area contributed by atoms with E-state index in [9.17, 15) is 9.18 Å². The number of benzene rings is 1. The van der Waals surface area contributed by atoms with E-state index in [1.807, 2.05) is 6.20 Å². The maximum absolute atomic E-state index is 13.9. The zero-order chi connectivity index (χ0) is 16.2. The number of hydrogen-bond donors (Lipinski definition) is 1. The van der Waals surface area contributed by atoms with E-state index in [1.165, 1.54) is 10.9 Å². The SMILES string of the molecule is CCc1cnc(CNC(=O)N2CCOc3cccc(F)c3C2)s1. The van der Waals surface area contributed by atoms with Gasteiger partial charge in [-0.1, -0.05) is 13.0 Å². The van der Waals surface area contributed by atoms with Gasteiger partial charge in [0, 0.05) is 16.6 Å². The number of amides is 2. The maximum atomic E-state index is 13.9. The van der Waals surface area contributed by atoms with E-state index in [0.717, 1.165) is 11.4 Å². The first kappa shape index (κ1) is 15.7. The summed E-state index contributed by atoms with van der Waals surface area (Å²) in [6, 6.07) is 4.48. The van der Waals surface area contributed by atoms with Crippen LogP contribution in [-0.2, 0) is 19.5 Å². The van der Waals surface area contributed by atoms with Gasteiger partial charge in [-0.15, -0.1) is 11.3 Å². The monoisotopic (exact) mass is 335 g/mol. The lowest BCUT2D eigenvalue weighted by atomic mass is 10.2. The Hall–Kier alpha value is -2.15. The Kier molecular flexibility index (Phi) is 4.76. The number of carbonyl (C=O) groups excluding carboxylic acids is 1. The third-order valence-electron chi connectivity index (χ3n) is 3.67. The molecular formula is C16H18FN3O2S. The summed E-state index contributed by atoms with van der Waals surface area (Å²) in [5.41, 5.74) is 0.419. The molecule has 0 saturated heterocycles. The minimum Gasteiger partial charge on any atom is -0.491 e. The largest absolute Gasteiger partial charge is 0.491 e. The number of nitrogens with zero attached hydrogens (tertiary/aromatic N) is 2. The molecule has 1 aromatic carbocycles. The Bertz CT molecular complexity index is 704. The summed E-state index contributed by atoms with van der Waals surface area (Å²) in [6.07, 6.45) is 2.77. The van der Waals surface area contributed by atoms with Gasteiger partial charge in [0.2, 0.25) is 0 Å². The molecule has 0 radical (unpaired) electrons. The lowest BCUT2D eigenvalue weighted by Crippen LogP contribution is -2.40. The first-order valence-electron chi connectivity index (χ1n) is 7.54. The number of hydrogen-bond acceptors (Lipinski definition) is 4. The number of thiazole rings is 1. The van der Waals surface area contributed by atoms with Gasteiger partial charge in [0.25, 0.3) is 0 Å². The molecule has 7 heteroatoms. The molecule has 3 rings (SSSR count). The number of halogens is 1. The van der Waals surface area contributed by atoms with Crippen LogP contribution >= 0.6 is 11.3 Å². The van der Waals surface area contributed by atoms with E-state index in [4.69, 9.17) is 4.74 Å². The number of aryl methyl sites for hydroxylation is 1. The molecule has 0 unspecified atom stereocenters. The van der Waals surface area contributed by atoms with Gasteiger partial charge < -0.3 is 15.0 Å². The molecule has 2 heterocycles. The number of nitrogens with one attached hydrogen (secondary N) is 1. The quantitative estimate of drug-likeness (QED) is 0.938. The highest BCUT2D eigenvalue weighted by molar-refractivity contribution is 7.11. The average Bonchev–Trinajstić information content (AvgIpc) is 2.90. The second-order valence-electron chi connectivity index (χ2n) is 5.22. The number of fused-ring (bicyclic) bond motifs is 1. The molecule has 2 aromatic rings. The summed E-state index contributed by atoms with van der Waals surface area (Å²) >= 11 is 1.59. The van der Waals surface area contributed by atoms with Crippen molar-refractivity contribution >= 4 is 17.4 Å². The van der Waals surface area contributed by atoms with Crippen LogP contribution in [0, 0.1) is 5.82 Å². The fourth-order valence-corrected chi connectivity index (χ4v) is 3.19. The van der Waals surface area contributed by atoms with Crippen LogP contribution in [0.15, 0.2) is 24.4 Å². The highest BCUT2D eigenvalue weighted by Gasteiger charge is 2.22. The van der Waals surface area contributed by atoms with Crippen molar-refractivity contribution in [3.8, 4) is 5.75 Å². The second-order valence-corrected chi connectivity index (χ2v) is 6.42. The first-order chi connectivity index (χ1) is 11.2. The molecule has 2 amide bonds. The fraction of sp³-hybridized carbons (Fsp3) is 0.375. The molecule has 1 N–H and O–H groups in total. The average molecular weight is 335 g/mol. The lowest BCUT2D eigenvalue weighted by molar-refractivity contribution is 0.187. The first-order valence-corrected chi connectivity index (χ1v) is 8.35. The highest BCUT2D eigenvalue weighted by atomic mass is 32.1. The van der Waals surface area contributed by atoms with Crippen molar-refractivity contribution in [3.63, 3.8) is 0 Å². The predicted molar refractivity (Wildman–Crippen MR) is 86.0 cm³/mol. The van der Waals surface area contributed by atoms with Crippen LogP contribution < -0.4 is 10.1 Å². The minimum atomic E-state index is -0.352. The number of rotatable bonds is 3. The van der Waals surface area contributed by atoms with Crippen molar-refractivity contribution < 1.29 is 13.9 Å². The van der Waals surface area contributed by atoms with Gasteiger partial charge in [-0.25, -0.2) is 14.2 Å². The van der Waals surface area contributed by atoms with Gasteiger partial charge in [0.15, 0.2) is 0 Å². The van der Waals surface area contributed by atoms with Crippen LogP contribution in [0.25, 0.3) is 0 Å². The zero-order valence-electron chi connectivity index (χ0n) is 12.8. The van der Waals surface area contributed by atoms with Gasteiger partial charge in [0.05, 0.1) is 19.6 Å². The Labute approximate surface area is 138 Å². The smallest absolute Gasteiger partial charge is 0.318 e. The van der Waals surface area contributed by atoms with Gasteiger partial charge >= 0.3 is 6.03 Å². The highest BCUT2D eigenvalue weighted by Crippen LogP contribution is 2.25. The van der Waals surface area contributed by atoms with Gasteiger partial charge in [-0.3, -0.25) is 0 Å². The van der Waals surface area contributed by atoms with Crippen molar-refractivity contribution in [2.75, 3.05) is 13.2 Å². The van der Waals surface area contributed by atoms with Gasteiger partial charge in [0.1, 0.15) is 23.2 Å². The molecule has 0 fully saturated rings. The molecule has 0 atom stereocenters. The topological polar surface area (TPSA) is 54.5 Å². The third kappa shape index (κ3) is 3.61. The van der Waals surface area contributed by atoms with Crippen molar-refractivity contribution in [3.05, 3.63) is 45.7 Å². The normalized spacial score (nSPS) is 13.9. The summed E-state index contributed by atoms with van der Waals surface area (Å²) in [4.78, 5) is 19.4. The van der Waals surface area contributed by atoms with Crippen molar-refractivity contribution in [2.45, 2.75) is 26.4 Å². The van der Waals surface area contributed by atoms with Crippen molar-refractivity contribution in [1.29, 1.82) is 0 Å². The molecule has 0 spiro atoms. The Balaban J connectivity index is 1.64.